The van der Waals surface area contributed by atoms with Crippen molar-refractivity contribution in [1.29, 1.82) is 0 Å². The van der Waals surface area contributed by atoms with Crippen LogP contribution in [0.5, 0.6) is 17.2 Å². The maximum Gasteiger partial charge on any atom is 0.864 e. The molecule has 23 heteroatoms. The molecule has 0 aromatic heterocycles. The normalized spacial score (nSPS) is 12.3. The molecule has 2 aliphatic carbocycles. The highest BCUT2D eigenvalue weighted by Gasteiger charge is 2.41. The zero-order chi connectivity index (χ0) is 51.0. The SMILES string of the molecule is Fc1cc(OB(Oc2cc(F)cc(-c3c(F)c(F)c(F)c4c3Cc3ccc(F)c(F)c3-4)c2F)Oc2c(F)c(F)c(F)c3c(F)c(F)ccc23)c(F)c(-c2c(F)c(F)c(F)c3c2Cc2ccc(F)c(F)c2-3)c1. The second-order valence-electron chi connectivity index (χ2n) is 15.7. The summed E-state index contributed by atoms with van der Waals surface area (Å²) in [4.78, 5) is 0. The lowest BCUT2D eigenvalue weighted by Crippen LogP contribution is -2.38. The number of rotatable bonds is 8. The van der Waals surface area contributed by atoms with Gasteiger partial charge in [0, 0.05) is 62.0 Å². The highest BCUT2D eigenvalue weighted by atomic mass is 19.2. The van der Waals surface area contributed by atoms with Crippen molar-refractivity contribution in [2.75, 3.05) is 0 Å². The number of fused-ring (bicyclic) bond motifs is 7. The average molecular weight is 1010 g/mol. The van der Waals surface area contributed by atoms with Crippen molar-refractivity contribution in [3.8, 4) is 61.8 Å². The fourth-order valence-electron chi connectivity index (χ4n) is 8.78. The zero-order valence-electron chi connectivity index (χ0n) is 34.2. The van der Waals surface area contributed by atoms with E-state index in [2.05, 4.69) is 0 Å². The van der Waals surface area contributed by atoms with Crippen LogP contribution in [-0.4, -0.2) is 7.32 Å². The Morgan fingerprint density at radius 2 is 0.718 bits per heavy atom. The van der Waals surface area contributed by atoms with E-state index >= 15 is 61.5 Å². The standard InChI is InChI=1S/C48H14BF19O3/c50-15-9-20(29-18-7-13-1-4-22(52)36(57)27(13)31(18)41(62)44(65)39(29)60)34(55)25(11-15)69-49(71-48-17-3-6-24(54)38(59)33(17)43(64)46(67)47(48)68)70-26-12-16(51)10-21(35(26)56)30-19-8-14-2-5-23(53)37(58)28(14)32(19)42(63)45(66)40(30)61/h1-6,9-12H,7-8H2. The molecule has 8 aromatic rings. The van der Waals surface area contributed by atoms with Gasteiger partial charge in [0.05, 0.1) is 5.39 Å². The highest BCUT2D eigenvalue weighted by molar-refractivity contribution is 6.40. The predicted molar refractivity (Wildman–Crippen MR) is 211 cm³/mol. The maximum atomic E-state index is 16.8. The molecule has 8 aromatic carbocycles. The molecule has 71 heavy (non-hydrogen) atoms. The molecular formula is C48H14BF19O3. The van der Waals surface area contributed by atoms with E-state index in [4.69, 9.17) is 14.0 Å². The molecule has 0 saturated heterocycles. The van der Waals surface area contributed by atoms with Gasteiger partial charge in [0.25, 0.3) is 0 Å². The number of hydrogen-bond acceptors (Lipinski definition) is 3. The minimum Gasteiger partial charge on any atom is -0.487 e. The summed E-state index contributed by atoms with van der Waals surface area (Å²) in [5.41, 5.74) is -11.9. The molecule has 0 amide bonds. The summed E-state index contributed by atoms with van der Waals surface area (Å²) in [6, 6.07) is 3.82. The van der Waals surface area contributed by atoms with Gasteiger partial charge in [-0.1, -0.05) is 12.1 Å². The predicted octanol–water partition coefficient (Wildman–Crippen LogP) is 14.5. The van der Waals surface area contributed by atoms with Crippen molar-refractivity contribution < 1.29 is 97.4 Å². The summed E-state index contributed by atoms with van der Waals surface area (Å²) >= 11 is 0. The molecule has 3 nitrogen and oxygen atoms in total. The molecule has 0 atom stereocenters. The van der Waals surface area contributed by atoms with Crippen LogP contribution in [0.25, 0.3) is 55.3 Å². The summed E-state index contributed by atoms with van der Waals surface area (Å²) in [5.74, 6) is -44.3. The molecule has 0 aliphatic heterocycles. The lowest BCUT2D eigenvalue weighted by atomic mass is 9.93. The van der Waals surface area contributed by atoms with Gasteiger partial charge in [0.15, 0.2) is 98.8 Å². The van der Waals surface area contributed by atoms with Crippen LogP contribution in [-0.2, 0) is 12.8 Å². The Labute approximate surface area is 383 Å². The lowest BCUT2D eigenvalue weighted by Gasteiger charge is -2.21. The third-order valence-electron chi connectivity index (χ3n) is 11.8. The van der Waals surface area contributed by atoms with E-state index in [1.165, 1.54) is 0 Å². The maximum absolute atomic E-state index is 16.8. The number of benzene rings is 8. The van der Waals surface area contributed by atoms with Crippen LogP contribution in [0.3, 0.4) is 0 Å². The van der Waals surface area contributed by atoms with Crippen LogP contribution in [0.1, 0.15) is 22.3 Å². The summed E-state index contributed by atoms with van der Waals surface area (Å²) in [7, 11) is -3.33. The van der Waals surface area contributed by atoms with Gasteiger partial charge in [0.2, 0.25) is 5.82 Å². The topological polar surface area (TPSA) is 27.7 Å². The van der Waals surface area contributed by atoms with Gasteiger partial charge in [-0.2, -0.15) is 4.39 Å². The van der Waals surface area contributed by atoms with E-state index in [-0.39, 0.29) is 41.5 Å². The Morgan fingerprint density at radius 3 is 1.17 bits per heavy atom. The van der Waals surface area contributed by atoms with E-state index in [9.17, 15) is 22.0 Å². The Morgan fingerprint density at radius 1 is 0.324 bits per heavy atom. The number of hydrogen-bond donors (Lipinski definition) is 0. The first-order valence-electron chi connectivity index (χ1n) is 19.9. The van der Waals surface area contributed by atoms with Crippen LogP contribution < -0.4 is 14.0 Å². The Kier molecular flexibility index (Phi) is 11.0. The minimum absolute atomic E-state index is 0.0298. The molecule has 0 radical (unpaired) electrons. The largest absolute Gasteiger partial charge is 0.864 e. The van der Waals surface area contributed by atoms with Crippen molar-refractivity contribution in [2.24, 2.45) is 0 Å². The first-order valence-corrected chi connectivity index (χ1v) is 19.9. The van der Waals surface area contributed by atoms with E-state index in [0.29, 0.717) is 18.2 Å². The Balaban J connectivity index is 1.15. The first-order chi connectivity index (χ1) is 33.6. The quantitative estimate of drug-likeness (QED) is 0.0862. The molecule has 0 unspecified atom stereocenters. The molecule has 360 valence electrons. The molecule has 2 aliphatic rings. The average Bonchev–Trinajstić information content (AvgIpc) is 3.92. The van der Waals surface area contributed by atoms with Gasteiger partial charge in [-0.3, -0.25) is 0 Å². The molecule has 0 fully saturated rings. The molecule has 0 bridgehead atoms. The summed E-state index contributed by atoms with van der Waals surface area (Å²) in [5, 5.41) is -2.93. The van der Waals surface area contributed by atoms with Crippen LogP contribution in [0, 0.1) is 111 Å². The first kappa shape index (κ1) is 46.9. The fourth-order valence-corrected chi connectivity index (χ4v) is 8.78. The van der Waals surface area contributed by atoms with Gasteiger partial charge in [-0.15, -0.1) is 0 Å². The molecular weight excluding hydrogens is 996 g/mol. The van der Waals surface area contributed by atoms with E-state index in [1.54, 1.807) is 0 Å². The summed E-state index contributed by atoms with van der Waals surface area (Å²) in [6.07, 6.45) is -1.57. The van der Waals surface area contributed by atoms with Gasteiger partial charge in [0.1, 0.15) is 23.1 Å². The van der Waals surface area contributed by atoms with Gasteiger partial charge in [-0.05, 0) is 71.5 Å². The summed E-state index contributed by atoms with van der Waals surface area (Å²) in [6.45, 7) is 0. The molecule has 0 saturated carbocycles. The molecule has 10 rings (SSSR count). The Bertz CT molecular complexity index is 3530. The second-order valence-corrected chi connectivity index (χ2v) is 15.7. The van der Waals surface area contributed by atoms with Crippen LogP contribution in [0.4, 0.5) is 83.4 Å². The minimum atomic E-state index is -3.33. The molecule has 0 spiro atoms. The van der Waals surface area contributed by atoms with Crippen LogP contribution in [0.2, 0.25) is 0 Å². The van der Waals surface area contributed by atoms with Crippen LogP contribution in [0.15, 0.2) is 60.7 Å². The van der Waals surface area contributed by atoms with Gasteiger partial charge < -0.3 is 14.0 Å². The molecule has 0 heterocycles. The third-order valence-corrected chi connectivity index (χ3v) is 11.8. The van der Waals surface area contributed by atoms with E-state index in [0.717, 1.165) is 12.1 Å². The van der Waals surface area contributed by atoms with E-state index in [1.807, 2.05) is 0 Å². The lowest BCUT2D eigenvalue weighted by molar-refractivity contribution is 0.285. The Hall–Kier alpha value is -7.85. The zero-order valence-corrected chi connectivity index (χ0v) is 34.2. The fraction of sp³-hybridized carbons (Fsp3) is 0.0417. The van der Waals surface area contributed by atoms with Crippen molar-refractivity contribution in [2.45, 2.75) is 12.8 Å². The van der Waals surface area contributed by atoms with E-state index < -0.39 is 214 Å². The second kappa shape index (κ2) is 16.7. The molecule has 0 N–H and O–H groups in total. The van der Waals surface area contributed by atoms with Crippen molar-refractivity contribution in [1.82, 2.24) is 0 Å². The van der Waals surface area contributed by atoms with Crippen molar-refractivity contribution in [3.63, 3.8) is 0 Å². The number of halogens is 19. The smallest absolute Gasteiger partial charge is 0.487 e. The van der Waals surface area contributed by atoms with Crippen molar-refractivity contribution >= 4 is 18.1 Å². The van der Waals surface area contributed by atoms with Gasteiger partial charge in [-0.25, -0.2) is 79.0 Å². The third kappa shape index (κ3) is 7.01. The van der Waals surface area contributed by atoms with Crippen molar-refractivity contribution in [3.05, 3.63) is 193 Å². The monoisotopic (exact) mass is 1010 g/mol. The highest BCUT2D eigenvalue weighted by Crippen LogP contribution is 2.51. The van der Waals surface area contributed by atoms with Crippen LogP contribution >= 0.6 is 0 Å². The summed E-state index contributed by atoms with van der Waals surface area (Å²) < 4.78 is 307. The van der Waals surface area contributed by atoms with Gasteiger partial charge >= 0.3 is 7.32 Å².